The van der Waals surface area contributed by atoms with E-state index in [-0.39, 0.29) is 29.6 Å². The van der Waals surface area contributed by atoms with Gasteiger partial charge in [-0.25, -0.2) is 22.0 Å². The molecule has 3 aromatic rings. The Kier molecular flexibility index (Phi) is 5.97. The Bertz CT molecular complexity index is 1390. The van der Waals surface area contributed by atoms with Crippen LogP contribution in [0.4, 0.5) is 22.0 Å². The molecule has 2 aliphatic heterocycles. The van der Waals surface area contributed by atoms with Crippen molar-refractivity contribution in [3.63, 3.8) is 0 Å². The number of allylic oxidation sites excluding steroid dienone is 1. The molecule has 0 bridgehead atoms. The van der Waals surface area contributed by atoms with Crippen molar-refractivity contribution in [1.82, 2.24) is 0 Å². The summed E-state index contributed by atoms with van der Waals surface area (Å²) in [6.45, 7) is -0.544. The maximum Gasteiger partial charge on any atom is 0.231 e. The first-order valence-electron chi connectivity index (χ1n) is 9.99. The topological polar surface area (TPSA) is 54.0 Å². The highest BCUT2D eigenvalue weighted by Gasteiger charge is 2.30. The van der Waals surface area contributed by atoms with E-state index >= 15 is 0 Å². The summed E-state index contributed by atoms with van der Waals surface area (Å²) in [4.78, 5) is 12.8. The number of carbonyl (C=O) groups is 1. The van der Waals surface area contributed by atoms with Gasteiger partial charge in [-0.2, -0.15) is 0 Å². The summed E-state index contributed by atoms with van der Waals surface area (Å²) in [5.41, 5.74) is 0.441. The summed E-state index contributed by atoms with van der Waals surface area (Å²) in [6, 6.07) is 7.54. The minimum Gasteiger partial charge on any atom is -0.489 e. The molecule has 2 aliphatic rings. The molecule has 3 aromatic carbocycles. The zero-order chi connectivity index (χ0) is 24.9. The summed E-state index contributed by atoms with van der Waals surface area (Å²) >= 11 is 3.40. The number of rotatable bonds is 4. The molecule has 0 fully saturated rings. The Hall–Kier alpha value is -3.44. The van der Waals surface area contributed by atoms with Crippen LogP contribution in [0.2, 0.25) is 0 Å². The maximum absolute atomic E-state index is 13.9. The van der Waals surface area contributed by atoms with Crippen molar-refractivity contribution < 1.29 is 45.7 Å². The molecule has 0 aromatic heterocycles. The van der Waals surface area contributed by atoms with E-state index in [4.69, 9.17) is 18.9 Å². The Morgan fingerprint density at radius 2 is 1.69 bits per heavy atom. The Labute approximate surface area is 202 Å². The quantitative estimate of drug-likeness (QED) is 0.166. The van der Waals surface area contributed by atoms with Crippen molar-refractivity contribution in [2.75, 3.05) is 6.79 Å². The molecule has 0 radical (unpaired) electrons. The second-order valence-corrected chi connectivity index (χ2v) is 8.44. The van der Waals surface area contributed by atoms with E-state index in [2.05, 4.69) is 15.9 Å². The first-order valence-corrected chi connectivity index (χ1v) is 10.8. The van der Waals surface area contributed by atoms with Crippen molar-refractivity contribution >= 4 is 27.8 Å². The Balaban J connectivity index is 1.40. The smallest absolute Gasteiger partial charge is 0.231 e. The van der Waals surface area contributed by atoms with Crippen LogP contribution in [0.3, 0.4) is 0 Å². The van der Waals surface area contributed by atoms with Crippen molar-refractivity contribution in [3.8, 4) is 17.2 Å². The molecule has 0 amide bonds. The van der Waals surface area contributed by atoms with E-state index < -0.39 is 47.0 Å². The van der Waals surface area contributed by atoms with Gasteiger partial charge in [-0.15, -0.1) is 0 Å². The standard InChI is InChI=1S/C24H12BrF5O5/c25-12-3-10(24-11(4-12)7-32-9-34-24)5-17-23(31)14-2-1-13(6-16(14)35-17)33-8-15-18(26)20(28)22(30)21(29)19(15)27/h1-6H,7-9H2/b17-5-. The molecule has 0 unspecified atom stereocenters. The summed E-state index contributed by atoms with van der Waals surface area (Å²) in [5.74, 6) is -10.1. The van der Waals surface area contributed by atoms with Crippen LogP contribution in [0.15, 0.2) is 40.6 Å². The molecule has 0 spiro atoms. The lowest BCUT2D eigenvalue weighted by molar-refractivity contribution is -0.0165. The molecule has 35 heavy (non-hydrogen) atoms. The summed E-state index contributed by atoms with van der Waals surface area (Å²) in [7, 11) is 0. The van der Waals surface area contributed by atoms with Gasteiger partial charge >= 0.3 is 0 Å². The van der Waals surface area contributed by atoms with E-state index in [1.54, 1.807) is 6.07 Å². The molecular formula is C24H12BrF5O5. The zero-order valence-electron chi connectivity index (χ0n) is 17.4. The molecule has 5 nitrogen and oxygen atoms in total. The monoisotopic (exact) mass is 554 g/mol. The lowest BCUT2D eigenvalue weighted by Crippen LogP contribution is -2.12. The van der Waals surface area contributed by atoms with Crippen LogP contribution >= 0.6 is 15.9 Å². The van der Waals surface area contributed by atoms with Gasteiger partial charge in [0.05, 0.1) is 17.7 Å². The number of carbonyl (C=O) groups excluding carboxylic acids is 1. The van der Waals surface area contributed by atoms with Crippen LogP contribution in [0, 0.1) is 29.1 Å². The summed E-state index contributed by atoms with van der Waals surface area (Å²) in [5, 5.41) is 0. The van der Waals surface area contributed by atoms with Gasteiger partial charge in [-0.05, 0) is 30.3 Å². The average molecular weight is 555 g/mol. The van der Waals surface area contributed by atoms with Gasteiger partial charge in [0.25, 0.3) is 0 Å². The highest BCUT2D eigenvalue weighted by Crippen LogP contribution is 2.38. The number of ether oxygens (including phenoxy) is 4. The zero-order valence-corrected chi connectivity index (χ0v) is 19.0. The van der Waals surface area contributed by atoms with Crippen LogP contribution in [0.1, 0.15) is 27.0 Å². The van der Waals surface area contributed by atoms with Gasteiger partial charge in [0.15, 0.2) is 35.8 Å². The fraction of sp³-hybridized carbons (Fsp3) is 0.125. The highest BCUT2D eigenvalue weighted by atomic mass is 79.9. The molecule has 2 heterocycles. The van der Waals surface area contributed by atoms with E-state index in [0.29, 0.717) is 17.9 Å². The molecule has 0 atom stereocenters. The van der Waals surface area contributed by atoms with Crippen molar-refractivity contribution in [3.05, 3.63) is 91.9 Å². The highest BCUT2D eigenvalue weighted by molar-refractivity contribution is 9.10. The number of halogens is 6. The number of fused-ring (bicyclic) bond motifs is 2. The molecule has 0 saturated heterocycles. The third-order valence-corrected chi connectivity index (χ3v) is 5.77. The molecule has 0 N–H and O–H groups in total. The van der Waals surface area contributed by atoms with Gasteiger partial charge in [0, 0.05) is 21.7 Å². The van der Waals surface area contributed by atoms with Gasteiger partial charge in [0.2, 0.25) is 11.6 Å². The lowest BCUT2D eigenvalue weighted by Gasteiger charge is -2.20. The van der Waals surface area contributed by atoms with Crippen LogP contribution in [-0.2, 0) is 18.0 Å². The largest absolute Gasteiger partial charge is 0.489 e. The van der Waals surface area contributed by atoms with Crippen LogP contribution in [0.25, 0.3) is 6.08 Å². The molecule has 180 valence electrons. The third-order valence-electron chi connectivity index (χ3n) is 5.32. The van der Waals surface area contributed by atoms with E-state index in [1.807, 2.05) is 6.07 Å². The SMILES string of the molecule is O=C1/C(=C/c2cc(Br)cc3c2OCOC3)Oc2cc(OCc3c(F)c(F)c(F)c(F)c3F)ccc21. The van der Waals surface area contributed by atoms with E-state index in [1.165, 1.54) is 24.3 Å². The second-order valence-electron chi connectivity index (χ2n) is 7.53. The Morgan fingerprint density at radius 3 is 2.43 bits per heavy atom. The molecule has 0 aliphatic carbocycles. The van der Waals surface area contributed by atoms with Gasteiger partial charge in [-0.1, -0.05) is 15.9 Å². The predicted octanol–water partition coefficient (Wildman–Crippen LogP) is 6.21. The second kappa shape index (κ2) is 8.97. The molecule has 5 rings (SSSR count). The van der Waals surface area contributed by atoms with Gasteiger partial charge in [-0.3, -0.25) is 4.79 Å². The number of Topliss-reactive ketones (excluding diaryl/α,β-unsaturated/α-hetero) is 1. The fourth-order valence-corrected chi connectivity index (χ4v) is 4.17. The van der Waals surface area contributed by atoms with Crippen LogP contribution in [0.5, 0.6) is 17.2 Å². The van der Waals surface area contributed by atoms with E-state index in [0.717, 1.165) is 10.0 Å². The molecule has 0 saturated carbocycles. The predicted molar refractivity (Wildman–Crippen MR) is 114 cm³/mol. The number of hydrogen-bond acceptors (Lipinski definition) is 5. The average Bonchev–Trinajstić information content (AvgIpc) is 3.15. The first kappa shape index (κ1) is 23.3. The summed E-state index contributed by atoms with van der Waals surface area (Å²) in [6.07, 6.45) is 1.51. The fourth-order valence-electron chi connectivity index (χ4n) is 3.65. The molecular weight excluding hydrogens is 543 g/mol. The Morgan fingerprint density at radius 1 is 0.971 bits per heavy atom. The van der Waals surface area contributed by atoms with E-state index in [9.17, 15) is 26.7 Å². The number of ketones is 1. The maximum atomic E-state index is 13.9. The minimum absolute atomic E-state index is 0.00712. The van der Waals surface area contributed by atoms with Gasteiger partial charge in [0.1, 0.15) is 23.9 Å². The van der Waals surface area contributed by atoms with Crippen LogP contribution in [-0.4, -0.2) is 12.6 Å². The number of hydrogen-bond donors (Lipinski definition) is 0. The van der Waals surface area contributed by atoms with Crippen molar-refractivity contribution in [2.24, 2.45) is 0 Å². The number of benzene rings is 3. The normalized spacial score (nSPS) is 15.5. The van der Waals surface area contributed by atoms with Crippen molar-refractivity contribution in [1.29, 1.82) is 0 Å². The minimum atomic E-state index is -2.25. The molecule has 11 heteroatoms. The van der Waals surface area contributed by atoms with Gasteiger partial charge < -0.3 is 18.9 Å². The lowest BCUT2D eigenvalue weighted by atomic mass is 10.1. The third kappa shape index (κ3) is 4.14. The van der Waals surface area contributed by atoms with Crippen LogP contribution < -0.4 is 14.2 Å². The first-order chi connectivity index (χ1) is 16.7. The van der Waals surface area contributed by atoms with Crippen molar-refractivity contribution in [2.45, 2.75) is 13.2 Å². The summed E-state index contributed by atoms with van der Waals surface area (Å²) < 4.78 is 90.2.